The highest BCUT2D eigenvalue weighted by atomic mass is 32.1. The summed E-state index contributed by atoms with van der Waals surface area (Å²) in [5.41, 5.74) is 1.29. The van der Waals surface area contributed by atoms with Crippen molar-refractivity contribution in [2.45, 2.75) is 25.8 Å². The molecule has 2 heterocycles. The molecule has 0 aliphatic heterocycles. The van der Waals surface area contributed by atoms with Gasteiger partial charge in [-0.3, -0.25) is 4.68 Å². The summed E-state index contributed by atoms with van der Waals surface area (Å²) >= 11 is 1.77. The van der Waals surface area contributed by atoms with Crippen LogP contribution in [0.3, 0.4) is 0 Å². The van der Waals surface area contributed by atoms with Crippen LogP contribution in [0.5, 0.6) is 0 Å². The molecule has 92 valence electrons. The zero-order chi connectivity index (χ0) is 12.3. The molecule has 0 radical (unpaired) electrons. The lowest BCUT2D eigenvalue weighted by atomic mass is 10.1. The number of aryl methyl sites for hydroxylation is 3. The van der Waals surface area contributed by atoms with Gasteiger partial charge >= 0.3 is 0 Å². The molecule has 1 unspecified atom stereocenters. The Morgan fingerprint density at radius 3 is 2.82 bits per heavy atom. The fourth-order valence-electron chi connectivity index (χ4n) is 1.88. The van der Waals surface area contributed by atoms with Gasteiger partial charge in [-0.25, -0.2) is 4.98 Å². The summed E-state index contributed by atoms with van der Waals surface area (Å²) < 4.78 is 1.85. The molecule has 0 saturated carbocycles. The summed E-state index contributed by atoms with van der Waals surface area (Å²) in [6, 6.07) is 0.390. The van der Waals surface area contributed by atoms with Gasteiger partial charge in [0.15, 0.2) is 0 Å². The molecule has 0 spiro atoms. The number of thiazole rings is 1. The molecule has 0 fully saturated rings. The average molecular weight is 250 g/mol. The molecule has 5 heteroatoms. The maximum Gasteiger partial charge on any atom is 0.0897 e. The average Bonchev–Trinajstić information content (AvgIpc) is 2.89. The van der Waals surface area contributed by atoms with Crippen molar-refractivity contribution in [2.75, 3.05) is 7.05 Å². The van der Waals surface area contributed by atoms with E-state index in [0.29, 0.717) is 6.04 Å². The Bertz CT molecular complexity index is 474. The van der Waals surface area contributed by atoms with Gasteiger partial charge in [-0.1, -0.05) is 0 Å². The van der Waals surface area contributed by atoms with Crippen LogP contribution in [-0.4, -0.2) is 21.8 Å². The van der Waals surface area contributed by atoms with Crippen molar-refractivity contribution in [3.05, 3.63) is 34.0 Å². The van der Waals surface area contributed by atoms with E-state index in [4.69, 9.17) is 0 Å². The zero-order valence-corrected chi connectivity index (χ0v) is 11.3. The van der Waals surface area contributed by atoms with Gasteiger partial charge in [0.05, 0.1) is 11.2 Å². The molecule has 1 N–H and O–H groups in total. The van der Waals surface area contributed by atoms with Gasteiger partial charge in [-0.2, -0.15) is 5.10 Å². The Kier molecular flexibility index (Phi) is 3.91. The molecule has 17 heavy (non-hydrogen) atoms. The Balaban J connectivity index is 1.96. The van der Waals surface area contributed by atoms with Crippen LogP contribution >= 0.6 is 11.3 Å². The molecule has 0 aliphatic rings. The standard InChI is InChI=1S/C12H18N4S/c1-9-14-7-12(17-9)11(13-2)5-4-10-6-15-16(3)8-10/h6-8,11,13H,4-5H2,1-3H3. The summed E-state index contributed by atoms with van der Waals surface area (Å²) in [6.07, 6.45) is 8.10. The molecule has 0 saturated heterocycles. The van der Waals surface area contributed by atoms with E-state index in [1.54, 1.807) is 11.3 Å². The first-order valence-corrected chi connectivity index (χ1v) is 6.58. The molecule has 1 atom stereocenters. The number of nitrogens with zero attached hydrogens (tertiary/aromatic N) is 3. The second-order valence-electron chi connectivity index (χ2n) is 4.18. The second kappa shape index (κ2) is 5.42. The molecular formula is C12H18N4S. The molecule has 2 aromatic heterocycles. The quantitative estimate of drug-likeness (QED) is 0.883. The minimum Gasteiger partial charge on any atom is -0.312 e. The van der Waals surface area contributed by atoms with Gasteiger partial charge in [-0.05, 0) is 32.4 Å². The van der Waals surface area contributed by atoms with Crippen molar-refractivity contribution >= 4 is 11.3 Å². The molecular weight excluding hydrogens is 232 g/mol. The van der Waals surface area contributed by atoms with E-state index in [0.717, 1.165) is 17.8 Å². The third-order valence-electron chi connectivity index (χ3n) is 2.81. The van der Waals surface area contributed by atoms with E-state index in [1.807, 2.05) is 38.1 Å². The fourth-order valence-corrected chi connectivity index (χ4v) is 2.81. The van der Waals surface area contributed by atoms with Gasteiger partial charge in [0.2, 0.25) is 0 Å². The SMILES string of the molecule is CNC(CCc1cnn(C)c1)c1cnc(C)s1. The number of nitrogens with one attached hydrogen (secondary N) is 1. The first-order chi connectivity index (χ1) is 8.19. The number of rotatable bonds is 5. The first-order valence-electron chi connectivity index (χ1n) is 5.76. The highest BCUT2D eigenvalue weighted by molar-refractivity contribution is 7.11. The highest BCUT2D eigenvalue weighted by Gasteiger charge is 2.12. The normalized spacial score (nSPS) is 12.9. The summed E-state index contributed by atoms with van der Waals surface area (Å²) in [6.45, 7) is 2.04. The number of hydrogen-bond acceptors (Lipinski definition) is 4. The van der Waals surface area contributed by atoms with Crippen LogP contribution in [0, 0.1) is 6.92 Å². The van der Waals surface area contributed by atoms with Crippen molar-refractivity contribution in [1.82, 2.24) is 20.1 Å². The summed E-state index contributed by atoms with van der Waals surface area (Å²) in [4.78, 5) is 5.62. The van der Waals surface area contributed by atoms with Gasteiger partial charge < -0.3 is 5.32 Å². The highest BCUT2D eigenvalue weighted by Crippen LogP contribution is 2.24. The predicted molar refractivity (Wildman–Crippen MR) is 70.2 cm³/mol. The van der Waals surface area contributed by atoms with Crippen LogP contribution in [0.15, 0.2) is 18.6 Å². The van der Waals surface area contributed by atoms with Gasteiger partial charge in [0.25, 0.3) is 0 Å². The van der Waals surface area contributed by atoms with Crippen LogP contribution in [0.1, 0.15) is 27.9 Å². The van der Waals surface area contributed by atoms with Crippen LogP contribution in [-0.2, 0) is 13.5 Å². The van der Waals surface area contributed by atoms with Crippen LogP contribution in [0.4, 0.5) is 0 Å². The molecule has 0 bridgehead atoms. The third-order valence-corrected chi connectivity index (χ3v) is 3.84. The lowest BCUT2D eigenvalue weighted by molar-refractivity contribution is 0.557. The smallest absolute Gasteiger partial charge is 0.0897 e. The molecule has 2 rings (SSSR count). The molecule has 0 aromatic carbocycles. The third kappa shape index (κ3) is 3.14. The number of aromatic nitrogens is 3. The fraction of sp³-hybridized carbons (Fsp3) is 0.500. The summed E-state index contributed by atoms with van der Waals surface area (Å²) in [7, 11) is 3.95. The monoisotopic (exact) mass is 250 g/mol. The van der Waals surface area contributed by atoms with Gasteiger partial charge in [0.1, 0.15) is 0 Å². The largest absolute Gasteiger partial charge is 0.312 e. The maximum atomic E-state index is 4.31. The van der Waals surface area contributed by atoms with E-state index >= 15 is 0 Å². The van der Waals surface area contributed by atoms with E-state index in [9.17, 15) is 0 Å². The minimum atomic E-state index is 0.390. The molecule has 0 amide bonds. The van der Waals surface area contributed by atoms with Gasteiger partial charge in [0, 0.05) is 30.4 Å². The van der Waals surface area contributed by atoms with Crippen LogP contribution in [0.25, 0.3) is 0 Å². The van der Waals surface area contributed by atoms with E-state index in [1.165, 1.54) is 10.4 Å². The van der Waals surface area contributed by atoms with Crippen molar-refractivity contribution in [3.8, 4) is 0 Å². The van der Waals surface area contributed by atoms with Gasteiger partial charge in [-0.15, -0.1) is 11.3 Å². The van der Waals surface area contributed by atoms with Crippen LogP contribution in [0.2, 0.25) is 0 Å². The first kappa shape index (κ1) is 12.3. The molecule has 2 aromatic rings. The lowest BCUT2D eigenvalue weighted by Gasteiger charge is -2.12. The zero-order valence-electron chi connectivity index (χ0n) is 10.5. The van der Waals surface area contributed by atoms with Crippen LogP contribution < -0.4 is 5.32 Å². The molecule has 4 nitrogen and oxygen atoms in total. The van der Waals surface area contributed by atoms with Crippen molar-refractivity contribution in [2.24, 2.45) is 7.05 Å². The van der Waals surface area contributed by atoms with E-state index in [2.05, 4.69) is 21.6 Å². The number of hydrogen-bond donors (Lipinski definition) is 1. The van der Waals surface area contributed by atoms with Crippen molar-refractivity contribution in [3.63, 3.8) is 0 Å². The Labute approximate surface area is 106 Å². The maximum absolute atomic E-state index is 4.31. The summed E-state index contributed by atoms with van der Waals surface area (Å²) in [5.74, 6) is 0. The Hall–Kier alpha value is -1.20. The Morgan fingerprint density at radius 2 is 2.29 bits per heavy atom. The van der Waals surface area contributed by atoms with E-state index in [-0.39, 0.29) is 0 Å². The van der Waals surface area contributed by atoms with Crippen molar-refractivity contribution < 1.29 is 0 Å². The second-order valence-corrected chi connectivity index (χ2v) is 5.45. The Morgan fingerprint density at radius 1 is 1.47 bits per heavy atom. The van der Waals surface area contributed by atoms with Crippen molar-refractivity contribution in [1.29, 1.82) is 0 Å². The summed E-state index contributed by atoms with van der Waals surface area (Å²) in [5, 5.41) is 8.66. The van der Waals surface area contributed by atoms with E-state index < -0.39 is 0 Å². The lowest BCUT2D eigenvalue weighted by Crippen LogP contribution is -2.15. The molecule has 0 aliphatic carbocycles. The predicted octanol–water partition coefficient (Wildman–Crippen LogP) is 2.08. The topological polar surface area (TPSA) is 42.7 Å². The minimum absolute atomic E-state index is 0.390.